The highest BCUT2D eigenvalue weighted by molar-refractivity contribution is 5.64. The second-order valence-electron chi connectivity index (χ2n) is 5.54. The highest BCUT2D eigenvalue weighted by Gasteiger charge is 2.58. The third kappa shape index (κ3) is 2.87. The van der Waals surface area contributed by atoms with Crippen LogP contribution in [0.2, 0.25) is 0 Å². The average molecular weight is 294 g/mol. The molecular formula is C16H22O5. The molecule has 1 saturated heterocycles. The van der Waals surface area contributed by atoms with Crippen LogP contribution < -0.4 is 0 Å². The molecule has 0 N–H and O–H groups in total. The summed E-state index contributed by atoms with van der Waals surface area (Å²) in [6.07, 6.45) is 1.20. The minimum absolute atomic E-state index is 0.106. The maximum Gasteiger partial charge on any atom is 0.221 e. The van der Waals surface area contributed by atoms with Crippen molar-refractivity contribution in [2.24, 2.45) is 0 Å². The molecule has 0 aliphatic carbocycles. The molecule has 0 saturated carbocycles. The second kappa shape index (κ2) is 5.85. The van der Waals surface area contributed by atoms with E-state index in [-0.39, 0.29) is 6.61 Å². The highest BCUT2D eigenvalue weighted by Crippen LogP contribution is 2.40. The van der Waals surface area contributed by atoms with Crippen LogP contribution in [0.5, 0.6) is 0 Å². The highest BCUT2D eigenvalue weighted by atomic mass is 16.8. The fourth-order valence-corrected chi connectivity index (χ4v) is 2.50. The molecule has 1 fully saturated rings. The molecule has 0 amide bonds. The Morgan fingerprint density at radius 3 is 2.29 bits per heavy atom. The van der Waals surface area contributed by atoms with E-state index in [2.05, 4.69) is 0 Å². The topological polar surface area (TPSA) is 54.0 Å². The van der Waals surface area contributed by atoms with Gasteiger partial charge in [0.05, 0.1) is 6.61 Å². The predicted octanol–water partition coefficient (Wildman–Crippen LogP) is 1.94. The first-order valence-corrected chi connectivity index (χ1v) is 6.87. The summed E-state index contributed by atoms with van der Waals surface area (Å²) in [5.41, 5.74) is -0.0999. The Balaban J connectivity index is 2.28. The SMILES string of the molecule is CO[C@]1(C)OC[C@@](C=O)(Cc2ccccc2)O[C@@]1(C)OC. The van der Waals surface area contributed by atoms with E-state index >= 15 is 0 Å². The van der Waals surface area contributed by atoms with Crippen LogP contribution in [-0.2, 0) is 30.2 Å². The smallest absolute Gasteiger partial charge is 0.221 e. The lowest BCUT2D eigenvalue weighted by atomic mass is 9.93. The first-order valence-electron chi connectivity index (χ1n) is 6.87. The first-order chi connectivity index (χ1) is 9.92. The molecule has 0 unspecified atom stereocenters. The number of benzene rings is 1. The number of methoxy groups -OCH3 is 2. The Morgan fingerprint density at radius 1 is 1.14 bits per heavy atom. The molecule has 21 heavy (non-hydrogen) atoms. The summed E-state index contributed by atoms with van der Waals surface area (Å²) in [6, 6.07) is 9.67. The number of ether oxygens (including phenoxy) is 4. The van der Waals surface area contributed by atoms with Gasteiger partial charge < -0.3 is 23.7 Å². The molecule has 0 aromatic heterocycles. The van der Waals surface area contributed by atoms with E-state index in [1.54, 1.807) is 13.8 Å². The molecule has 1 heterocycles. The third-order valence-electron chi connectivity index (χ3n) is 4.15. The van der Waals surface area contributed by atoms with Crippen molar-refractivity contribution in [3.05, 3.63) is 35.9 Å². The Labute approximate surface area is 125 Å². The first kappa shape index (κ1) is 16.1. The summed E-state index contributed by atoms with van der Waals surface area (Å²) in [5, 5.41) is 0. The molecule has 0 bridgehead atoms. The van der Waals surface area contributed by atoms with Crippen LogP contribution in [0, 0.1) is 0 Å². The number of rotatable bonds is 5. The van der Waals surface area contributed by atoms with Crippen molar-refractivity contribution in [3.8, 4) is 0 Å². The molecule has 1 aliphatic heterocycles. The van der Waals surface area contributed by atoms with Crippen LogP contribution in [0.3, 0.4) is 0 Å². The van der Waals surface area contributed by atoms with Crippen LogP contribution in [0.4, 0.5) is 0 Å². The van der Waals surface area contributed by atoms with Gasteiger partial charge in [0.2, 0.25) is 11.6 Å². The molecule has 1 aromatic rings. The standard InChI is InChI=1S/C16H22O5/c1-14(18-3)15(2,19-4)21-16(11-17,12-20-14)10-13-8-6-5-7-9-13/h5-9,11H,10,12H2,1-4H3/t14-,15-,16+/m1/s1. The zero-order valence-corrected chi connectivity index (χ0v) is 12.9. The van der Waals surface area contributed by atoms with Crippen LogP contribution >= 0.6 is 0 Å². The number of carbonyl (C=O) groups is 1. The van der Waals surface area contributed by atoms with Crippen molar-refractivity contribution < 1.29 is 23.7 Å². The Morgan fingerprint density at radius 2 is 1.76 bits per heavy atom. The lowest BCUT2D eigenvalue weighted by molar-refractivity contribution is -0.442. The molecule has 0 spiro atoms. The molecule has 3 atom stereocenters. The fourth-order valence-electron chi connectivity index (χ4n) is 2.50. The van der Waals surface area contributed by atoms with Crippen molar-refractivity contribution in [2.75, 3.05) is 20.8 Å². The molecule has 0 radical (unpaired) electrons. The molecule has 1 aliphatic rings. The van der Waals surface area contributed by atoms with Crippen LogP contribution in [0.1, 0.15) is 19.4 Å². The van der Waals surface area contributed by atoms with Gasteiger partial charge in [-0.25, -0.2) is 0 Å². The summed E-state index contributed by atoms with van der Waals surface area (Å²) in [7, 11) is 3.02. The molecule has 1 aromatic carbocycles. The van der Waals surface area contributed by atoms with Crippen molar-refractivity contribution in [1.82, 2.24) is 0 Å². The largest absolute Gasteiger partial charge is 0.349 e. The molecular weight excluding hydrogens is 272 g/mol. The Bertz CT molecular complexity index is 491. The van der Waals surface area contributed by atoms with Gasteiger partial charge in [-0.15, -0.1) is 0 Å². The summed E-state index contributed by atoms with van der Waals surface area (Å²) in [4.78, 5) is 11.7. The lowest BCUT2D eigenvalue weighted by Crippen LogP contribution is -2.67. The van der Waals surface area contributed by atoms with Crippen LogP contribution in [-0.4, -0.2) is 44.3 Å². The van der Waals surface area contributed by atoms with E-state index in [1.165, 1.54) is 14.2 Å². The van der Waals surface area contributed by atoms with Gasteiger partial charge in [0.15, 0.2) is 11.9 Å². The number of hydrogen-bond donors (Lipinski definition) is 0. The van der Waals surface area contributed by atoms with Gasteiger partial charge in [-0.1, -0.05) is 30.3 Å². The lowest BCUT2D eigenvalue weighted by Gasteiger charge is -2.52. The van der Waals surface area contributed by atoms with E-state index in [0.717, 1.165) is 11.8 Å². The minimum Gasteiger partial charge on any atom is -0.349 e. The maximum atomic E-state index is 11.7. The van der Waals surface area contributed by atoms with Crippen LogP contribution in [0.15, 0.2) is 30.3 Å². The summed E-state index contributed by atoms with van der Waals surface area (Å²) >= 11 is 0. The van der Waals surface area contributed by atoms with Gasteiger partial charge in [0, 0.05) is 20.6 Å². The van der Waals surface area contributed by atoms with Crippen molar-refractivity contribution in [1.29, 1.82) is 0 Å². The summed E-state index contributed by atoms with van der Waals surface area (Å²) in [6.45, 7) is 3.54. The van der Waals surface area contributed by atoms with Gasteiger partial charge >= 0.3 is 0 Å². The van der Waals surface area contributed by atoms with Gasteiger partial charge in [0.1, 0.15) is 0 Å². The average Bonchev–Trinajstić information content (AvgIpc) is 2.52. The van der Waals surface area contributed by atoms with Crippen molar-refractivity contribution in [2.45, 2.75) is 37.4 Å². The van der Waals surface area contributed by atoms with Crippen molar-refractivity contribution >= 4 is 6.29 Å². The van der Waals surface area contributed by atoms with E-state index in [9.17, 15) is 4.79 Å². The monoisotopic (exact) mass is 294 g/mol. The minimum atomic E-state index is -1.18. The molecule has 2 rings (SSSR count). The Kier molecular flexibility index (Phi) is 4.49. The number of aldehydes is 1. The maximum absolute atomic E-state index is 11.7. The van der Waals surface area contributed by atoms with Gasteiger partial charge in [-0.05, 0) is 19.4 Å². The Hall–Kier alpha value is -1.27. The number of carbonyl (C=O) groups excluding carboxylic acids is 1. The zero-order valence-electron chi connectivity index (χ0n) is 12.9. The fraction of sp³-hybridized carbons (Fsp3) is 0.562. The van der Waals surface area contributed by atoms with E-state index in [1.807, 2.05) is 30.3 Å². The third-order valence-corrected chi connectivity index (χ3v) is 4.15. The van der Waals surface area contributed by atoms with E-state index in [0.29, 0.717) is 6.42 Å². The molecule has 116 valence electrons. The van der Waals surface area contributed by atoms with E-state index < -0.39 is 17.2 Å². The summed E-state index contributed by atoms with van der Waals surface area (Å²) < 4.78 is 22.7. The van der Waals surface area contributed by atoms with Gasteiger partial charge in [-0.3, -0.25) is 0 Å². The molecule has 5 heteroatoms. The van der Waals surface area contributed by atoms with Gasteiger partial charge in [-0.2, -0.15) is 0 Å². The van der Waals surface area contributed by atoms with Gasteiger partial charge in [0.25, 0.3) is 0 Å². The number of hydrogen-bond acceptors (Lipinski definition) is 5. The molecule has 5 nitrogen and oxygen atoms in total. The normalized spacial score (nSPS) is 36.4. The second-order valence-corrected chi connectivity index (χ2v) is 5.54. The van der Waals surface area contributed by atoms with Crippen LogP contribution in [0.25, 0.3) is 0 Å². The predicted molar refractivity (Wildman–Crippen MR) is 76.8 cm³/mol. The summed E-state index contributed by atoms with van der Waals surface area (Å²) in [5.74, 6) is -2.26. The zero-order chi connectivity index (χ0) is 15.6. The quantitative estimate of drug-likeness (QED) is 0.777. The van der Waals surface area contributed by atoms with E-state index in [4.69, 9.17) is 18.9 Å². The van der Waals surface area contributed by atoms with Crippen molar-refractivity contribution in [3.63, 3.8) is 0 Å².